The molecule has 0 aliphatic rings. The van der Waals surface area contributed by atoms with Gasteiger partial charge in [-0.3, -0.25) is 5.10 Å². The molecule has 0 saturated carbocycles. The third kappa shape index (κ3) is 1.55. The predicted octanol–water partition coefficient (Wildman–Crippen LogP) is 3.63. The van der Waals surface area contributed by atoms with Gasteiger partial charge in [0.2, 0.25) is 0 Å². The molecule has 0 saturated heterocycles. The van der Waals surface area contributed by atoms with Gasteiger partial charge < -0.3 is 0 Å². The van der Waals surface area contributed by atoms with Crippen LogP contribution in [-0.4, -0.2) is 10.2 Å². The van der Waals surface area contributed by atoms with E-state index in [1.54, 1.807) is 18.5 Å². The van der Waals surface area contributed by atoms with E-state index in [1.165, 1.54) is 6.07 Å². The van der Waals surface area contributed by atoms with Crippen LogP contribution in [0.2, 0.25) is 5.02 Å². The molecule has 0 amide bonds. The molecule has 14 heavy (non-hydrogen) atoms. The third-order valence-electron chi connectivity index (χ3n) is 1.83. The zero-order chi connectivity index (χ0) is 10.1. The maximum atomic E-state index is 13.6. The molecule has 1 N–H and O–H groups in total. The largest absolute Gasteiger partial charge is 0.285 e. The van der Waals surface area contributed by atoms with Crippen LogP contribution < -0.4 is 0 Å². The van der Waals surface area contributed by atoms with Crippen molar-refractivity contribution in [3.8, 4) is 11.1 Å². The summed E-state index contributed by atoms with van der Waals surface area (Å²) in [6, 6.07) is 3.21. The van der Waals surface area contributed by atoms with Crippen molar-refractivity contribution in [1.29, 1.82) is 0 Å². The van der Waals surface area contributed by atoms with Crippen molar-refractivity contribution < 1.29 is 4.39 Å². The molecule has 2 rings (SSSR count). The first-order valence-electron chi connectivity index (χ1n) is 3.83. The summed E-state index contributed by atoms with van der Waals surface area (Å²) >= 11 is 8.94. The molecular weight excluding hydrogens is 270 g/mol. The molecular formula is C9H5BrClFN2. The molecule has 0 aliphatic carbocycles. The second-order valence-electron chi connectivity index (χ2n) is 2.71. The lowest BCUT2D eigenvalue weighted by molar-refractivity contribution is 0.631. The number of benzene rings is 1. The smallest absolute Gasteiger partial charge is 0.150 e. The molecule has 0 unspecified atom stereocenters. The monoisotopic (exact) mass is 274 g/mol. The molecule has 5 heteroatoms. The Morgan fingerprint density at radius 1 is 1.43 bits per heavy atom. The highest BCUT2D eigenvalue weighted by molar-refractivity contribution is 9.10. The number of aromatic nitrogens is 2. The fraction of sp³-hybridized carbons (Fsp3) is 0. The summed E-state index contributed by atoms with van der Waals surface area (Å²) in [5.74, 6) is -0.442. The fourth-order valence-electron chi connectivity index (χ4n) is 1.18. The van der Waals surface area contributed by atoms with Gasteiger partial charge in [0.15, 0.2) is 5.82 Å². The molecule has 2 aromatic rings. The molecule has 0 aliphatic heterocycles. The van der Waals surface area contributed by atoms with Crippen molar-refractivity contribution in [2.75, 3.05) is 0 Å². The van der Waals surface area contributed by atoms with Crippen LogP contribution in [0.3, 0.4) is 0 Å². The van der Waals surface area contributed by atoms with Crippen LogP contribution >= 0.6 is 27.5 Å². The summed E-state index contributed by atoms with van der Waals surface area (Å²) in [5, 5.41) is 6.48. The van der Waals surface area contributed by atoms with Gasteiger partial charge in [-0.05, 0) is 12.1 Å². The van der Waals surface area contributed by atoms with Gasteiger partial charge >= 0.3 is 0 Å². The van der Waals surface area contributed by atoms with Gasteiger partial charge in [-0.25, -0.2) is 4.39 Å². The van der Waals surface area contributed by atoms with Crippen LogP contribution in [0, 0.1) is 5.82 Å². The van der Waals surface area contributed by atoms with Crippen molar-refractivity contribution >= 4 is 27.5 Å². The second-order valence-corrected chi connectivity index (χ2v) is 3.97. The average Bonchev–Trinajstić information content (AvgIpc) is 2.65. The van der Waals surface area contributed by atoms with E-state index >= 15 is 0 Å². The number of H-pyrrole nitrogens is 1. The zero-order valence-corrected chi connectivity index (χ0v) is 9.23. The highest BCUT2D eigenvalue weighted by Gasteiger charge is 2.13. The van der Waals surface area contributed by atoms with Crippen molar-refractivity contribution in [3.63, 3.8) is 0 Å². The number of aromatic amines is 1. The first-order valence-corrected chi connectivity index (χ1v) is 5.00. The fourth-order valence-corrected chi connectivity index (χ4v) is 1.87. The van der Waals surface area contributed by atoms with Gasteiger partial charge in [0, 0.05) is 21.8 Å². The predicted molar refractivity (Wildman–Crippen MR) is 56.7 cm³/mol. The minimum Gasteiger partial charge on any atom is -0.285 e. The number of nitrogens with zero attached hydrogens (tertiary/aromatic N) is 1. The topological polar surface area (TPSA) is 28.7 Å². The molecule has 1 heterocycles. The van der Waals surface area contributed by atoms with E-state index in [-0.39, 0.29) is 5.02 Å². The van der Waals surface area contributed by atoms with Crippen molar-refractivity contribution in [3.05, 3.63) is 39.8 Å². The molecule has 1 aromatic heterocycles. The van der Waals surface area contributed by atoms with Gasteiger partial charge in [-0.15, -0.1) is 0 Å². The summed E-state index contributed by atoms with van der Waals surface area (Å²) in [6.45, 7) is 0. The Morgan fingerprint density at radius 2 is 2.21 bits per heavy atom. The summed E-state index contributed by atoms with van der Waals surface area (Å²) in [5.41, 5.74) is 1.09. The van der Waals surface area contributed by atoms with Crippen LogP contribution in [-0.2, 0) is 0 Å². The molecule has 72 valence electrons. The maximum absolute atomic E-state index is 13.6. The number of rotatable bonds is 1. The van der Waals surface area contributed by atoms with Gasteiger partial charge in [-0.1, -0.05) is 27.5 Å². The molecule has 0 spiro atoms. The number of halogens is 3. The Kier molecular flexibility index (Phi) is 2.56. The Morgan fingerprint density at radius 3 is 2.86 bits per heavy atom. The molecule has 2 nitrogen and oxygen atoms in total. The average molecular weight is 276 g/mol. The normalized spacial score (nSPS) is 10.5. The first kappa shape index (κ1) is 9.68. The highest BCUT2D eigenvalue weighted by Crippen LogP contribution is 2.33. The highest BCUT2D eigenvalue weighted by atomic mass is 79.9. The van der Waals surface area contributed by atoms with E-state index in [0.29, 0.717) is 15.6 Å². The van der Waals surface area contributed by atoms with E-state index in [4.69, 9.17) is 11.6 Å². The third-order valence-corrected chi connectivity index (χ3v) is 2.78. The van der Waals surface area contributed by atoms with E-state index < -0.39 is 5.82 Å². The summed E-state index contributed by atoms with van der Waals surface area (Å²) in [6.07, 6.45) is 3.15. The minimum absolute atomic E-state index is 0.101. The van der Waals surface area contributed by atoms with Gasteiger partial charge in [0.25, 0.3) is 0 Å². The molecule has 0 radical (unpaired) electrons. The SMILES string of the molecule is Fc1c(Cl)ccc(Br)c1-c1cn[nH]c1. The van der Waals surface area contributed by atoms with Crippen LogP contribution in [0.25, 0.3) is 11.1 Å². The van der Waals surface area contributed by atoms with Gasteiger partial charge in [0.1, 0.15) is 0 Å². The lowest BCUT2D eigenvalue weighted by atomic mass is 10.1. The van der Waals surface area contributed by atoms with Crippen molar-refractivity contribution in [1.82, 2.24) is 10.2 Å². The summed E-state index contributed by atoms with van der Waals surface area (Å²) in [7, 11) is 0. The van der Waals surface area contributed by atoms with Crippen LogP contribution in [0.1, 0.15) is 0 Å². The van der Waals surface area contributed by atoms with Gasteiger partial charge in [0.05, 0.1) is 11.2 Å². The lowest BCUT2D eigenvalue weighted by Gasteiger charge is -2.04. The Bertz CT molecular complexity index is 456. The van der Waals surface area contributed by atoms with E-state index in [2.05, 4.69) is 26.1 Å². The number of hydrogen-bond acceptors (Lipinski definition) is 1. The van der Waals surface area contributed by atoms with Crippen LogP contribution in [0.5, 0.6) is 0 Å². The van der Waals surface area contributed by atoms with Crippen molar-refractivity contribution in [2.24, 2.45) is 0 Å². The van der Waals surface area contributed by atoms with Crippen LogP contribution in [0.4, 0.5) is 4.39 Å². The molecule has 0 bridgehead atoms. The lowest BCUT2D eigenvalue weighted by Crippen LogP contribution is -1.85. The zero-order valence-electron chi connectivity index (χ0n) is 6.89. The Balaban J connectivity index is 2.69. The second kappa shape index (κ2) is 3.71. The Hall–Kier alpha value is -0.870. The quantitative estimate of drug-likeness (QED) is 0.791. The van der Waals surface area contributed by atoms with E-state index in [9.17, 15) is 4.39 Å². The number of hydrogen-bond donors (Lipinski definition) is 1. The first-order chi connectivity index (χ1) is 6.70. The van der Waals surface area contributed by atoms with Crippen LogP contribution in [0.15, 0.2) is 29.0 Å². The minimum atomic E-state index is -0.442. The maximum Gasteiger partial charge on any atom is 0.150 e. The summed E-state index contributed by atoms with van der Waals surface area (Å²) in [4.78, 5) is 0. The van der Waals surface area contributed by atoms with E-state index in [1.807, 2.05) is 0 Å². The molecule has 1 aromatic carbocycles. The standard InChI is InChI=1S/C9H5BrClFN2/c10-6-1-2-7(11)9(12)8(6)5-3-13-14-4-5/h1-4H,(H,13,14). The van der Waals surface area contributed by atoms with E-state index in [0.717, 1.165) is 0 Å². The Labute approximate surface area is 93.2 Å². The molecule has 0 fully saturated rings. The van der Waals surface area contributed by atoms with Gasteiger partial charge in [-0.2, -0.15) is 5.10 Å². The number of nitrogens with one attached hydrogen (secondary N) is 1. The summed E-state index contributed by atoms with van der Waals surface area (Å²) < 4.78 is 14.3. The molecule has 0 atom stereocenters. The van der Waals surface area contributed by atoms with Crippen molar-refractivity contribution in [2.45, 2.75) is 0 Å².